The lowest BCUT2D eigenvalue weighted by molar-refractivity contribution is 0.647. The van der Waals surface area contributed by atoms with Gasteiger partial charge in [0.05, 0.1) is 0 Å². The van der Waals surface area contributed by atoms with Gasteiger partial charge in [-0.1, -0.05) is 42.5 Å². The molecular formula is C18H22N2. The van der Waals surface area contributed by atoms with Gasteiger partial charge in [0.1, 0.15) is 0 Å². The molecule has 1 N–H and O–H groups in total. The van der Waals surface area contributed by atoms with E-state index in [-0.39, 0.29) is 0 Å². The minimum Gasteiger partial charge on any atom is -0.367 e. The molecule has 1 heterocycles. The van der Waals surface area contributed by atoms with E-state index in [1.807, 2.05) is 7.05 Å². The molecule has 0 bridgehead atoms. The number of nitrogens with zero attached hydrogens (tertiary/aromatic N) is 1. The van der Waals surface area contributed by atoms with Crippen LogP contribution in [0.4, 0.5) is 5.69 Å². The summed E-state index contributed by atoms with van der Waals surface area (Å²) in [6.07, 6.45) is 1.16. The van der Waals surface area contributed by atoms with Crippen LogP contribution in [0.15, 0.2) is 48.5 Å². The normalized spacial score (nSPS) is 15.2. The van der Waals surface area contributed by atoms with E-state index in [1.54, 1.807) is 0 Å². The van der Waals surface area contributed by atoms with Crippen molar-refractivity contribution in [3.63, 3.8) is 0 Å². The van der Waals surface area contributed by atoms with Gasteiger partial charge in [0, 0.05) is 24.8 Å². The minimum absolute atomic E-state index is 0.418. The van der Waals surface area contributed by atoms with E-state index in [1.165, 1.54) is 22.4 Å². The van der Waals surface area contributed by atoms with Gasteiger partial charge in [0.15, 0.2) is 0 Å². The molecule has 0 saturated heterocycles. The molecule has 2 aromatic rings. The molecule has 0 fully saturated rings. The number of nitrogens with one attached hydrogen (secondary N) is 1. The second-order valence-electron chi connectivity index (χ2n) is 5.51. The lowest BCUT2D eigenvalue weighted by Crippen LogP contribution is -2.19. The molecule has 2 heteroatoms. The largest absolute Gasteiger partial charge is 0.367 e. The average Bonchev–Trinajstić information content (AvgIpc) is 2.91. The molecule has 0 amide bonds. The van der Waals surface area contributed by atoms with Crippen LogP contribution in [0.3, 0.4) is 0 Å². The maximum atomic E-state index is 3.36. The first kappa shape index (κ1) is 13.2. The second kappa shape index (κ2) is 5.68. The van der Waals surface area contributed by atoms with Crippen LogP contribution in [0.5, 0.6) is 0 Å². The fourth-order valence-corrected chi connectivity index (χ4v) is 3.06. The fourth-order valence-electron chi connectivity index (χ4n) is 3.06. The number of hydrogen-bond acceptors (Lipinski definition) is 2. The van der Waals surface area contributed by atoms with Gasteiger partial charge in [-0.25, -0.2) is 0 Å². The van der Waals surface area contributed by atoms with E-state index in [0.29, 0.717) is 6.04 Å². The third-order valence-corrected chi connectivity index (χ3v) is 4.28. The van der Waals surface area contributed by atoms with Gasteiger partial charge in [0.25, 0.3) is 0 Å². The van der Waals surface area contributed by atoms with Crippen molar-refractivity contribution in [2.75, 3.05) is 18.5 Å². The van der Waals surface area contributed by atoms with Crippen LogP contribution >= 0.6 is 0 Å². The van der Waals surface area contributed by atoms with Crippen LogP contribution in [-0.2, 0) is 13.0 Å². The molecule has 1 unspecified atom stereocenters. The molecule has 20 heavy (non-hydrogen) atoms. The summed E-state index contributed by atoms with van der Waals surface area (Å²) in [6.45, 7) is 4.36. The lowest BCUT2D eigenvalue weighted by Gasteiger charge is -2.21. The van der Waals surface area contributed by atoms with Crippen LogP contribution in [0, 0.1) is 0 Å². The van der Waals surface area contributed by atoms with Crippen LogP contribution in [0.2, 0.25) is 0 Å². The zero-order chi connectivity index (χ0) is 13.9. The van der Waals surface area contributed by atoms with Gasteiger partial charge in [-0.05, 0) is 43.1 Å². The Morgan fingerprint density at radius 1 is 1.10 bits per heavy atom. The van der Waals surface area contributed by atoms with Crippen LogP contribution in [-0.4, -0.2) is 13.6 Å². The Morgan fingerprint density at radius 2 is 1.90 bits per heavy atom. The van der Waals surface area contributed by atoms with Crippen molar-refractivity contribution >= 4 is 5.69 Å². The topological polar surface area (TPSA) is 15.3 Å². The summed E-state index contributed by atoms with van der Waals surface area (Å²) in [4.78, 5) is 2.50. The average molecular weight is 266 g/mol. The van der Waals surface area contributed by atoms with Crippen LogP contribution < -0.4 is 10.2 Å². The van der Waals surface area contributed by atoms with E-state index in [0.717, 1.165) is 19.5 Å². The Bertz CT molecular complexity index is 577. The summed E-state index contributed by atoms with van der Waals surface area (Å²) in [5.74, 6) is 0. The summed E-state index contributed by atoms with van der Waals surface area (Å²) in [5.41, 5.74) is 5.76. The van der Waals surface area contributed by atoms with Gasteiger partial charge in [0.2, 0.25) is 0 Å². The van der Waals surface area contributed by atoms with Crippen molar-refractivity contribution in [3.05, 3.63) is 65.2 Å². The first-order chi connectivity index (χ1) is 9.79. The molecule has 0 aliphatic carbocycles. The molecule has 0 spiro atoms. The quantitative estimate of drug-likeness (QED) is 0.910. The Kier molecular flexibility index (Phi) is 3.75. The third-order valence-electron chi connectivity index (χ3n) is 4.28. The first-order valence-corrected chi connectivity index (χ1v) is 7.37. The standard InChI is InChI=1S/C18H22N2/c1-14(19-2)16-9-6-10-18-17(16)11-12-20(18)13-15-7-4-3-5-8-15/h3-10,14,19H,11-13H2,1-2H3. The van der Waals surface area contributed by atoms with Crippen molar-refractivity contribution in [1.82, 2.24) is 5.32 Å². The maximum absolute atomic E-state index is 3.36. The van der Waals surface area contributed by atoms with Crippen LogP contribution in [0.25, 0.3) is 0 Å². The van der Waals surface area contributed by atoms with Gasteiger partial charge in [-0.2, -0.15) is 0 Å². The van der Waals surface area contributed by atoms with Gasteiger partial charge in [-0.15, -0.1) is 0 Å². The highest BCUT2D eigenvalue weighted by atomic mass is 15.1. The number of anilines is 1. The van der Waals surface area contributed by atoms with Crippen molar-refractivity contribution in [1.29, 1.82) is 0 Å². The molecule has 0 saturated carbocycles. The third kappa shape index (κ3) is 2.44. The molecule has 1 aliphatic heterocycles. The monoisotopic (exact) mass is 266 g/mol. The van der Waals surface area contributed by atoms with E-state index < -0.39 is 0 Å². The summed E-state index contributed by atoms with van der Waals surface area (Å²) < 4.78 is 0. The summed E-state index contributed by atoms with van der Waals surface area (Å²) >= 11 is 0. The molecule has 2 aromatic carbocycles. The summed E-state index contributed by atoms with van der Waals surface area (Å²) in [6, 6.07) is 17.8. The maximum Gasteiger partial charge on any atom is 0.0429 e. The Morgan fingerprint density at radius 3 is 2.65 bits per heavy atom. The van der Waals surface area contributed by atoms with Gasteiger partial charge >= 0.3 is 0 Å². The molecular weight excluding hydrogens is 244 g/mol. The molecule has 2 nitrogen and oxygen atoms in total. The SMILES string of the molecule is CNC(C)c1cccc2c1CCN2Cc1ccccc1. The summed E-state index contributed by atoms with van der Waals surface area (Å²) in [7, 11) is 2.03. The Labute approximate surface area is 121 Å². The minimum atomic E-state index is 0.418. The molecule has 1 aliphatic rings. The highest BCUT2D eigenvalue weighted by molar-refractivity contribution is 5.61. The molecule has 104 valence electrons. The summed E-state index contributed by atoms with van der Waals surface area (Å²) in [5, 5.41) is 3.36. The molecule has 0 aromatic heterocycles. The Hall–Kier alpha value is -1.80. The van der Waals surface area contributed by atoms with Gasteiger partial charge < -0.3 is 10.2 Å². The highest BCUT2D eigenvalue weighted by Crippen LogP contribution is 2.34. The molecule has 0 radical (unpaired) electrons. The second-order valence-corrected chi connectivity index (χ2v) is 5.51. The predicted octanol–water partition coefficient (Wildman–Crippen LogP) is 3.53. The van der Waals surface area contributed by atoms with E-state index >= 15 is 0 Å². The van der Waals surface area contributed by atoms with E-state index in [2.05, 4.69) is 65.7 Å². The van der Waals surface area contributed by atoms with Crippen LogP contribution in [0.1, 0.15) is 29.7 Å². The number of hydrogen-bond donors (Lipinski definition) is 1. The predicted molar refractivity (Wildman–Crippen MR) is 85.1 cm³/mol. The van der Waals surface area contributed by atoms with Crippen molar-refractivity contribution in [2.24, 2.45) is 0 Å². The number of fused-ring (bicyclic) bond motifs is 1. The highest BCUT2D eigenvalue weighted by Gasteiger charge is 2.22. The smallest absolute Gasteiger partial charge is 0.0429 e. The fraction of sp³-hybridized carbons (Fsp3) is 0.333. The van der Waals surface area contributed by atoms with Crippen molar-refractivity contribution < 1.29 is 0 Å². The zero-order valence-corrected chi connectivity index (χ0v) is 12.3. The molecule has 1 atom stereocenters. The van der Waals surface area contributed by atoms with E-state index in [4.69, 9.17) is 0 Å². The van der Waals surface area contributed by atoms with Gasteiger partial charge in [-0.3, -0.25) is 0 Å². The number of benzene rings is 2. The molecule has 3 rings (SSSR count). The van der Waals surface area contributed by atoms with Crippen molar-refractivity contribution in [2.45, 2.75) is 25.9 Å². The first-order valence-electron chi connectivity index (χ1n) is 7.37. The zero-order valence-electron chi connectivity index (χ0n) is 12.3. The van der Waals surface area contributed by atoms with E-state index in [9.17, 15) is 0 Å². The number of rotatable bonds is 4. The Balaban J connectivity index is 1.87. The van der Waals surface area contributed by atoms with Crippen molar-refractivity contribution in [3.8, 4) is 0 Å². The lowest BCUT2D eigenvalue weighted by atomic mass is 9.99.